The number of pyridine rings is 2. The number of nitrogens with zero attached hydrogens (tertiary/aromatic N) is 2. The van der Waals surface area contributed by atoms with Gasteiger partial charge in [-0.05, 0) is 61.8 Å². The highest BCUT2D eigenvalue weighted by Crippen LogP contribution is 2.43. The molecule has 27 heavy (non-hydrogen) atoms. The molecule has 4 nitrogen and oxygen atoms in total. The van der Waals surface area contributed by atoms with Crippen LogP contribution in [0.25, 0.3) is 16.6 Å². The van der Waals surface area contributed by atoms with Gasteiger partial charge in [0.15, 0.2) is 5.65 Å². The molecular formula is C17H16BBrF4N2O2. The molecule has 144 valence electrons. The van der Waals surface area contributed by atoms with E-state index < -0.39 is 41.5 Å². The number of allylic oxidation sites excluding steroid dienone is 1. The van der Waals surface area contributed by atoms with Crippen molar-refractivity contribution in [2.75, 3.05) is 0 Å². The summed E-state index contributed by atoms with van der Waals surface area (Å²) < 4.78 is 67.5. The van der Waals surface area contributed by atoms with E-state index in [1.54, 1.807) is 33.8 Å². The van der Waals surface area contributed by atoms with Gasteiger partial charge in [0, 0.05) is 16.1 Å². The van der Waals surface area contributed by atoms with Gasteiger partial charge in [-0.3, -0.25) is 0 Å². The van der Waals surface area contributed by atoms with Crippen molar-refractivity contribution >= 4 is 39.7 Å². The standard InChI is InChI=1S/C17H16BBrF4N2O2/c1-15(2)16(3,4)27-18(26-15)13(20)12(17(21,22)23)11-6-5-9-7-10(19)8-24-14(9)25-11/h5-8H,1-4H3. The number of fused-ring (bicyclic) bond motifs is 1. The van der Waals surface area contributed by atoms with Crippen molar-refractivity contribution < 1.29 is 26.9 Å². The van der Waals surface area contributed by atoms with Gasteiger partial charge in [-0.25, -0.2) is 14.4 Å². The summed E-state index contributed by atoms with van der Waals surface area (Å²) in [4.78, 5) is 7.86. The zero-order chi connectivity index (χ0) is 20.2. The summed E-state index contributed by atoms with van der Waals surface area (Å²) in [5.41, 5.74) is -5.57. The van der Waals surface area contributed by atoms with E-state index in [1.165, 1.54) is 12.3 Å². The summed E-state index contributed by atoms with van der Waals surface area (Å²) in [6.07, 6.45) is -3.59. The van der Waals surface area contributed by atoms with Crippen LogP contribution in [-0.2, 0) is 9.31 Å². The number of halogens is 5. The van der Waals surface area contributed by atoms with Crippen molar-refractivity contribution in [1.29, 1.82) is 0 Å². The van der Waals surface area contributed by atoms with Crippen molar-refractivity contribution in [2.45, 2.75) is 45.1 Å². The zero-order valence-electron chi connectivity index (χ0n) is 15.0. The Morgan fingerprint density at radius 1 is 1.11 bits per heavy atom. The largest absolute Gasteiger partial charge is 0.525 e. The average Bonchev–Trinajstić information content (AvgIpc) is 2.74. The van der Waals surface area contributed by atoms with Crippen LogP contribution in [-0.4, -0.2) is 34.5 Å². The SMILES string of the molecule is CC1(C)OB(C(F)=C(c2ccc3cc(Br)cnc3n2)C(F)(F)F)OC1(C)C. The highest BCUT2D eigenvalue weighted by molar-refractivity contribution is 9.10. The van der Waals surface area contributed by atoms with Crippen molar-refractivity contribution in [3.63, 3.8) is 0 Å². The molecule has 10 heteroatoms. The second kappa shape index (κ2) is 6.53. The minimum absolute atomic E-state index is 0.0687. The van der Waals surface area contributed by atoms with Gasteiger partial charge in [0.05, 0.1) is 16.9 Å². The Hall–Kier alpha value is -1.52. The van der Waals surface area contributed by atoms with Gasteiger partial charge in [0.2, 0.25) is 0 Å². The number of alkyl halides is 3. The van der Waals surface area contributed by atoms with E-state index in [1.807, 2.05) is 0 Å². The summed E-state index contributed by atoms with van der Waals surface area (Å²) in [7, 11) is -1.78. The number of aromatic nitrogens is 2. The minimum Gasteiger partial charge on any atom is -0.398 e. The molecule has 0 radical (unpaired) electrons. The maximum atomic E-state index is 14.9. The van der Waals surface area contributed by atoms with Crippen molar-refractivity contribution in [1.82, 2.24) is 9.97 Å². The summed E-state index contributed by atoms with van der Waals surface area (Å²) in [6.45, 7) is 6.51. The summed E-state index contributed by atoms with van der Waals surface area (Å²) in [6, 6.07) is 4.16. The molecule has 1 aliphatic rings. The van der Waals surface area contributed by atoms with Crippen LogP contribution < -0.4 is 0 Å². The van der Waals surface area contributed by atoms with Gasteiger partial charge < -0.3 is 9.31 Å². The van der Waals surface area contributed by atoms with Crippen molar-refractivity contribution in [3.05, 3.63) is 40.3 Å². The van der Waals surface area contributed by atoms with Crippen LogP contribution in [0.4, 0.5) is 17.6 Å². The lowest BCUT2D eigenvalue weighted by Gasteiger charge is -2.32. The number of hydrogen-bond donors (Lipinski definition) is 0. The fraction of sp³-hybridized carbons (Fsp3) is 0.412. The lowest BCUT2D eigenvalue weighted by Crippen LogP contribution is -2.41. The highest BCUT2D eigenvalue weighted by atomic mass is 79.9. The Morgan fingerprint density at radius 2 is 1.70 bits per heavy atom. The number of hydrogen-bond acceptors (Lipinski definition) is 4. The minimum atomic E-state index is -5.00. The molecule has 2 aromatic heterocycles. The summed E-state index contributed by atoms with van der Waals surface area (Å²) in [5, 5.41) is 0.519. The zero-order valence-corrected chi connectivity index (χ0v) is 16.6. The molecule has 0 N–H and O–H groups in total. The fourth-order valence-electron chi connectivity index (χ4n) is 2.59. The van der Waals surface area contributed by atoms with E-state index >= 15 is 0 Å². The first kappa shape index (κ1) is 20.2. The van der Waals surface area contributed by atoms with E-state index in [-0.39, 0.29) is 5.65 Å². The predicted octanol–water partition coefficient (Wildman–Crippen LogP) is 5.27. The second-order valence-electron chi connectivity index (χ2n) is 7.21. The van der Waals surface area contributed by atoms with Crippen LogP contribution >= 0.6 is 15.9 Å². The summed E-state index contributed by atoms with van der Waals surface area (Å²) in [5.74, 6) is 0. The van der Waals surface area contributed by atoms with Gasteiger partial charge in [-0.1, -0.05) is 0 Å². The normalized spacial score (nSPS) is 20.1. The Morgan fingerprint density at radius 3 is 2.26 bits per heavy atom. The molecule has 2 aromatic rings. The van der Waals surface area contributed by atoms with Crippen LogP contribution in [0.2, 0.25) is 0 Å². The van der Waals surface area contributed by atoms with Crippen LogP contribution in [0.15, 0.2) is 34.6 Å². The van der Waals surface area contributed by atoms with E-state index in [0.717, 1.165) is 6.07 Å². The third kappa shape index (κ3) is 3.75. The molecule has 0 saturated carbocycles. The molecule has 0 aliphatic carbocycles. The van der Waals surface area contributed by atoms with E-state index in [0.29, 0.717) is 9.86 Å². The Labute approximate surface area is 162 Å². The van der Waals surface area contributed by atoms with Crippen LogP contribution in [0, 0.1) is 0 Å². The quantitative estimate of drug-likeness (QED) is 0.465. The van der Waals surface area contributed by atoms with E-state index in [4.69, 9.17) is 9.31 Å². The molecule has 3 rings (SSSR count). The smallest absolute Gasteiger partial charge is 0.398 e. The van der Waals surface area contributed by atoms with E-state index in [2.05, 4.69) is 25.9 Å². The monoisotopic (exact) mass is 446 g/mol. The molecule has 3 heterocycles. The van der Waals surface area contributed by atoms with Gasteiger partial charge in [0.25, 0.3) is 0 Å². The maximum Gasteiger partial charge on any atom is 0.525 e. The first-order valence-corrected chi connectivity index (χ1v) is 8.86. The topological polar surface area (TPSA) is 44.2 Å². The van der Waals surface area contributed by atoms with E-state index in [9.17, 15) is 17.6 Å². The Kier molecular flexibility index (Phi) is 4.89. The van der Waals surface area contributed by atoms with Crippen molar-refractivity contribution in [3.8, 4) is 0 Å². The summed E-state index contributed by atoms with van der Waals surface area (Å²) >= 11 is 3.23. The molecule has 0 bridgehead atoms. The molecule has 1 saturated heterocycles. The lowest BCUT2D eigenvalue weighted by molar-refractivity contribution is -0.0702. The Balaban J connectivity index is 2.12. The van der Waals surface area contributed by atoms with Gasteiger partial charge in [-0.2, -0.15) is 13.2 Å². The molecule has 1 aliphatic heterocycles. The highest BCUT2D eigenvalue weighted by Gasteiger charge is 2.55. The first-order valence-electron chi connectivity index (χ1n) is 8.07. The molecule has 0 atom stereocenters. The molecule has 0 amide bonds. The average molecular weight is 447 g/mol. The van der Waals surface area contributed by atoms with Gasteiger partial charge in [0.1, 0.15) is 11.3 Å². The van der Waals surface area contributed by atoms with Gasteiger partial charge >= 0.3 is 13.3 Å². The predicted molar refractivity (Wildman–Crippen MR) is 97.4 cm³/mol. The van der Waals surface area contributed by atoms with Crippen molar-refractivity contribution in [2.24, 2.45) is 0 Å². The fourth-order valence-corrected chi connectivity index (χ4v) is 2.94. The second-order valence-corrected chi connectivity index (χ2v) is 8.12. The first-order chi connectivity index (χ1) is 12.3. The third-order valence-corrected chi connectivity index (χ3v) is 5.18. The lowest BCUT2D eigenvalue weighted by atomic mass is 9.83. The molecule has 1 fully saturated rings. The molecular weight excluding hydrogens is 431 g/mol. The van der Waals surface area contributed by atoms with Gasteiger partial charge in [-0.15, -0.1) is 0 Å². The number of rotatable bonds is 2. The van der Waals surface area contributed by atoms with Crippen LogP contribution in [0.5, 0.6) is 0 Å². The van der Waals surface area contributed by atoms with Crippen LogP contribution in [0.1, 0.15) is 33.4 Å². The van der Waals surface area contributed by atoms with Crippen LogP contribution in [0.3, 0.4) is 0 Å². The Bertz CT molecular complexity index is 915. The third-order valence-electron chi connectivity index (χ3n) is 4.75. The molecule has 0 aromatic carbocycles. The maximum absolute atomic E-state index is 14.9. The molecule has 0 spiro atoms. The molecule has 0 unspecified atom stereocenters.